The number of alkyl halides is 3. The minimum Gasteiger partial charge on any atom is -0.359 e. The van der Waals surface area contributed by atoms with Crippen molar-refractivity contribution in [2.24, 2.45) is 18.4 Å². The summed E-state index contributed by atoms with van der Waals surface area (Å²) in [6.45, 7) is 4.85. The van der Waals surface area contributed by atoms with Gasteiger partial charge >= 0.3 is 6.18 Å². The molecule has 0 aliphatic heterocycles. The quantitative estimate of drug-likeness (QED) is 0.310. The van der Waals surface area contributed by atoms with E-state index in [1.165, 1.54) is 0 Å². The summed E-state index contributed by atoms with van der Waals surface area (Å²) >= 11 is 6.51. The van der Waals surface area contributed by atoms with E-state index in [0.717, 1.165) is 25.7 Å². The van der Waals surface area contributed by atoms with E-state index >= 15 is 0 Å². The minimum atomic E-state index is -4.56. The lowest BCUT2D eigenvalue weighted by molar-refractivity contribution is -0.192. The summed E-state index contributed by atoms with van der Waals surface area (Å²) in [6, 6.07) is 7.04. The smallest absolute Gasteiger partial charge is 0.359 e. The Labute approximate surface area is 254 Å². The lowest BCUT2D eigenvalue weighted by Crippen LogP contribution is -2.40. The second-order valence-corrected chi connectivity index (χ2v) is 12.5. The number of hydrogen-bond donors (Lipinski definition) is 2. The average Bonchev–Trinajstić information content (AvgIpc) is 3.75. The van der Waals surface area contributed by atoms with Crippen molar-refractivity contribution < 1.29 is 22.8 Å². The molecule has 1 aromatic carbocycles. The number of amides is 2. The van der Waals surface area contributed by atoms with E-state index in [2.05, 4.69) is 17.6 Å². The molecule has 2 amide bonds. The van der Waals surface area contributed by atoms with Crippen LogP contribution in [0.25, 0.3) is 11.2 Å². The van der Waals surface area contributed by atoms with Crippen molar-refractivity contribution in [1.29, 1.82) is 0 Å². The summed E-state index contributed by atoms with van der Waals surface area (Å²) in [5.41, 5.74) is 0.745. The number of pyridine rings is 1. The van der Waals surface area contributed by atoms with Crippen molar-refractivity contribution in [3.05, 3.63) is 51.8 Å². The SMILES string of the molecule is CCN(C)c1nc2c(cc1C(=O)NC1CCC(C)CC1)nc(Cc1cc(CNC(=O)C3(C(F)(F)F)CC3)ccc1Cl)n2C. The minimum absolute atomic E-state index is 0.0456. The van der Waals surface area contributed by atoms with Crippen molar-refractivity contribution in [1.82, 2.24) is 25.2 Å². The number of fused-ring (bicyclic) bond motifs is 1. The van der Waals surface area contributed by atoms with Crippen molar-refractivity contribution in [3.63, 3.8) is 0 Å². The number of halogens is 4. The van der Waals surface area contributed by atoms with Crippen LogP contribution in [0.5, 0.6) is 0 Å². The Morgan fingerprint density at radius 2 is 1.84 bits per heavy atom. The predicted molar refractivity (Wildman–Crippen MR) is 160 cm³/mol. The van der Waals surface area contributed by atoms with Crippen LogP contribution in [0.1, 0.15) is 79.7 Å². The number of aromatic nitrogens is 3. The number of aryl methyl sites for hydroxylation is 1. The number of rotatable bonds is 9. The average molecular weight is 619 g/mol. The molecule has 2 aromatic heterocycles. The molecule has 0 spiro atoms. The number of anilines is 1. The van der Waals surface area contributed by atoms with Crippen molar-refractivity contribution in [2.75, 3.05) is 18.5 Å². The highest BCUT2D eigenvalue weighted by atomic mass is 35.5. The molecule has 0 radical (unpaired) electrons. The Hall–Kier alpha value is -3.34. The highest BCUT2D eigenvalue weighted by Gasteiger charge is 2.68. The first kappa shape index (κ1) is 31.1. The van der Waals surface area contributed by atoms with Gasteiger partial charge in [-0.1, -0.05) is 30.7 Å². The molecule has 3 aromatic rings. The largest absolute Gasteiger partial charge is 0.403 e. The zero-order chi connectivity index (χ0) is 31.1. The maximum absolute atomic E-state index is 13.5. The number of nitrogens with zero attached hydrogens (tertiary/aromatic N) is 4. The van der Waals surface area contributed by atoms with Crippen LogP contribution < -0.4 is 15.5 Å². The summed E-state index contributed by atoms with van der Waals surface area (Å²) in [7, 11) is 3.74. The lowest BCUT2D eigenvalue weighted by atomic mass is 9.87. The summed E-state index contributed by atoms with van der Waals surface area (Å²) in [5, 5.41) is 6.12. The molecule has 2 saturated carbocycles. The third-order valence-corrected chi connectivity index (χ3v) is 9.36. The third-order valence-electron chi connectivity index (χ3n) is 8.99. The van der Waals surface area contributed by atoms with Crippen molar-refractivity contribution >= 4 is 40.4 Å². The topological polar surface area (TPSA) is 92.2 Å². The molecule has 0 unspecified atom stereocenters. The van der Waals surface area contributed by atoms with Crippen LogP contribution in [0.15, 0.2) is 24.3 Å². The number of hydrogen-bond acceptors (Lipinski definition) is 5. The van der Waals surface area contributed by atoms with E-state index in [1.54, 1.807) is 24.3 Å². The van der Waals surface area contributed by atoms with E-state index in [1.807, 2.05) is 30.5 Å². The Bertz CT molecular complexity index is 1530. The molecule has 232 valence electrons. The first-order valence-corrected chi connectivity index (χ1v) is 15.2. The van der Waals surface area contributed by atoms with Crippen LogP contribution in [0, 0.1) is 11.3 Å². The van der Waals surface area contributed by atoms with Gasteiger partial charge in [-0.05, 0) is 74.6 Å². The highest BCUT2D eigenvalue weighted by molar-refractivity contribution is 6.31. The van der Waals surface area contributed by atoms with Gasteiger partial charge < -0.3 is 20.1 Å². The maximum atomic E-state index is 13.5. The van der Waals surface area contributed by atoms with Crippen LogP contribution in [0.3, 0.4) is 0 Å². The van der Waals surface area contributed by atoms with Gasteiger partial charge in [0.15, 0.2) is 5.65 Å². The predicted octanol–water partition coefficient (Wildman–Crippen LogP) is 5.94. The standard InChI is InChI=1S/C31H38ClF3N6O2/c1-5-40(3)26-22(28(42)37-21-9-6-18(2)7-10-21)16-24-27(39-26)41(4)25(38-24)15-20-14-19(8-11-23(20)32)17-36-29(43)30(12-13-30)31(33,34)35/h8,11,14,16,18,21H,5-7,9-10,12-13,15,17H2,1-4H3,(H,36,43)(H,37,42). The fourth-order valence-electron chi connectivity index (χ4n) is 5.74. The second kappa shape index (κ2) is 12.0. The molecular weight excluding hydrogens is 581 g/mol. The lowest BCUT2D eigenvalue weighted by Gasteiger charge is -2.27. The first-order chi connectivity index (χ1) is 20.3. The number of imidazole rings is 1. The summed E-state index contributed by atoms with van der Waals surface area (Å²) in [6.07, 6.45) is -0.500. The van der Waals surface area contributed by atoms with Gasteiger partial charge in [-0.2, -0.15) is 13.2 Å². The number of benzene rings is 1. The molecule has 2 heterocycles. The first-order valence-electron chi connectivity index (χ1n) is 14.8. The van der Waals surface area contributed by atoms with E-state index in [-0.39, 0.29) is 31.3 Å². The molecule has 2 aliphatic carbocycles. The molecule has 2 aliphatic rings. The normalized spacial score (nSPS) is 19.7. The fraction of sp³-hybridized carbons (Fsp3) is 0.548. The highest BCUT2D eigenvalue weighted by Crippen LogP contribution is 2.57. The van der Waals surface area contributed by atoms with E-state index in [0.29, 0.717) is 63.4 Å². The van der Waals surface area contributed by atoms with E-state index < -0.39 is 17.5 Å². The van der Waals surface area contributed by atoms with E-state index in [9.17, 15) is 22.8 Å². The Kier molecular flexibility index (Phi) is 8.66. The van der Waals surface area contributed by atoms with Crippen molar-refractivity contribution in [2.45, 2.75) is 77.6 Å². The summed E-state index contributed by atoms with van der Waals surface area (Å²) in [5.74, 6) is 0.756. The van der Waals surface area contributed by atoms with Crippen LogP contribution in [-0.4, -0.2) is 52.2 Å². The Balaban J connectivity index is 1.37. The van der Waals surface area contributed by atoms with Gasteiger partial charge in [-0.3, -0.25) is 9.59 Å². The van der Waals surface area contributed by atoms with Gasteiger partial charge in [0, 0.05) is 44.7 Å². The molecule has 0 bridgehead atoms. The van der Waals surface area contributed by atoms with Gasteiger partial charge in [0.1, 0.15) is 22.6 Å². The summed E-state index contributed by atoms with van der Waals surface area (Å²) in [4.78, 5) is 37.4. The molecule has 8 nitrogen and oxygen atoms in total. The molecule has 12 heteroatoms. The van der Waals surface area contributed by atoms with Gasteiger partial charge in [0.05, 0.1) is 5.56 Å². The van der Waals surface area contributed by atoms with Crippen LogP contribution in [-0.2, 0) is 24.8 Å². The summed E-state index contributed by atoms with van der Waals surface area (Å²) < 4.78 is 41.8. The molecular formula is C31H38ClF3N6O2. The van der Waals surface area contributed by atoms with Crippen LogP contribution >= 0.6 is 11.6 Å². The zero-order valence-electron chi connectivity index (χ0n) is 24.9. The number of nitrogens with one attached hydrogen (secondary N) is 2. The maximum Gasteiger partial charge on any atom is 0.403 e. The van der Waals surface area contributed by atoms with Gasteiger partial charge in [0.2, 0.25) is 5.91 Å². The fourth-order valence-corrected chi connectivity index (χ4v) is 5.93. The monoisotopic (exact) mass is 618 g/mol. The molecule has 2 N–H and O–H groups in total. The zero-order valence-corrected chi connectivity index (χ0v) is 25.7. The Morgan fingerprint density at radius 1 is 1.14 bits per heavy atom. The van der Waals surface area contributed by atoms with Gasteiger partial charge in [0.25, 0.3) is 5.91 Å². The molecule has 2 fully saturated rings. The van der Waals surface area contributed by atoms with E-state index in [4.69, 9.17) is 21.6 Å². The van der Waals surface area contributed by atoms with Gasteiger partial charge in [-0.15, -0.1) is 0 Å². The number of carbonyl (C=O) groups excluding carboxylic acids is 2. The van der Waals surface area contributed by atoms with Crippen molar-refractivity contribution in [3.8, 4) is 0 Å². The molecule has 43 heavy (non-hydrogen) atoms. The number of carbonyl (C=O) groups is 2. The molecule has 0 atom stereocenters. The van der Waals surface area contributed by atoms with Gasteiger partial charge in [-0.25, -0.2) is 9.97 Å². The van der Waals surface area contributed by atoms with Crippen LogP contribution in [0.4, 0.5) is 19.0 Å². The molecule has 0 saturated heterocycles. The van der Waals surface area contributed by atoms with Crippen LogP contribution in [0.2, 0.25) is 5.02 Å². The second-order valence-electron chi connectivity index (χ2n) is 12.1. The Morgan fingerprint density at radius 3 is 2.47 bits per heavy atom. The third kappa shape index (κ3) is 6.32. The molecule has 5 rings (SSSR count).